The first-order valence-corrected chi connectivity index (χ1v) is 6.25. The van der Waals surface area contributed by atoms with E-state index in [0.717, 1.165) is 31.5 Å². The fraction of sp³-hybridized carbons (Fsp3) is 0.500. The Labute approximate surface area is 106 Å². The van der Waals surface area contributed by atoms with E-state index in [2.05, 4.69) is 4.90 Å². The van der Waals surface area contributed by atoms with Crippen molar-refractivity contribution < 1.29 is 5.11 Å². The van der Waals surface area contributed by atoms with Crippen LogP contribution in [0.5, 0.6) is 0 Å². The van der Waals surface area contributed by atoms with Crippen LogP contribution in [0.25, 0.3) is 0 Å². The summed E-state index contributed by atoms with van der Waals surface area (Å²) in [6, 6.07) is 5.86. The molecule has 0 bridgehead atoms. The maximum Gasteiger partial charge on any atom is 0.0587 e. The molecule has 1 aliphatic rings. The van der Waals surface area contributed by atoms with Crippen molar-refractivity contribution in [3.05, 3.63) is 33.8 Å². The van der Waals surface area contributed by atoms with Crippen molar-refractivity contribution >= 4 is 23.2 Å². The minimum atomic E-state index is 0.227. The zero-order valence-electron chi connectivity index (χ0n) is 9.00. The molecule has 1 fully saturated rings. The Bertz CT molecular complexity index is 370. The van der Waals surface area contributed by atoms with Gasteiger partial charge in [-0.2, -0.15) is 0 Å². The van der Waals surface area contributed by atoms with Crippen molar-refractivity contribution in [1.29, 1.82) is 0 Å². The summed E-state index contributed by atoms with van der Waals surface area (Å²) in [5, 5.41) is 10.6. The van der Waals surface area contributed by atoms with Gasteiger partial charge in [-0.3, -0.25) is 4.90 Å². The van der Waals surface area contributed by atoms with Crippen molar-refractivity contribution in [3.63, 3.8) is 0 Å². The van der Waals surface area contributed by atoms with Gasteiger partial charge in [0, 0.05) is 22.6 Å². The summed E-state index contributed by atoms with van der Waals surface area (Å²) in [5.41, 5.74) is 1.08. The van der Waals surface area contributed by atoms with E-state index in [9.17, 15) is 5.11 Å². The van der Waals surface area contributed by atoms with Crippen molar-refractivity contribution in [2.75, 3.05) is 13.2 Å². The summed E-state index contributed by atoms with van der Waals surface area (Å²) in [4.78, 5) is 2.27. The fourth-order valence-electron chi connectivity index (χ4n) is 2.18. The van der Waals surface area contributed by atoms with E-state index in [4.69, 9.17) is 23.2 Å². The lowest BCUT2D eigenvalue weighted by molar-refractivity contribution is 0.153. The Morgan fingerprint density at radius 3 is 2.88 bits per heavy atom. The molecular weight excluding hydrogens is 245 g/mol. The Balaban J connectivity index is 2.08. The number of nitrogens with zero attached hydrogens (tertiary/aromatic N) is 1. The van der Waals surface area contributed by atoms with E-state index in [1.807, 2.05) is 12.1 Å². The Kier molecular flexibility index (Phi) is 4.09. The molecule has 0 aromatic heterocycles. The molecule has 0 saturated carbocycles. The lowest BCUT2D eigenvalue weighted by atomic mass is 10.2. The van der Waals surface area contributed by atoms with Gasteiger partial charge in [0.2, 0.25) is 0 Å². The van der Waals surface area contributed by atoms with Gasteiger partial charge >= 0.3 is 0 Å². The van der Waals surface area contributed by atoms with Crippen LogP contribution in [0.3, 0.4) is 0 Å². The summed E-state index contributed by atoms with van der Waals surface area (Å²) in [6.07, 6.45) is 2.22. The second-order valence-electron chi connectivity index (χ2n) is 4.18. The van der Waals surface area contributed by atoms with Gasteiger partial charge in [0.15, 0.2) is 0 Å². The quantitative estimate of drug-likeness (QED) is 0.903. The van der Waals surface area contributed by atoms with E-state index in [1.54, 1.807) is 6.07 Å². The molecular formula is C12H15Cl2NO. The molecule has 1 saturated heterocycles. The second-order valence-corrected chi connectivity index (χ2v) is 5.03. The van der Waals surface area contributed by atoms with Crippen LogP contribution in [0, 0.1) is 0 Å². The van der Waals surface area contributed by atoms with Crippen LogP contribution < -0.4 is 0 Å². The predicted molar refractivity (Wildman–Crippen MR) is 67.0 cm³/mol. The highest BCUT2D eigenvalue weighted by molar-refractivity contribution is 6.35. The van der Waals surface area contributed by atoms with Crippen molar-refractivity contribution in [2.24, 2.45) is 0 Å². The number of aliphatic hydroxyl groups excluding tert-OH is 1. The third-order valence-electron chi connectivity index (χ3n) is 3.10. The lowest BCUT2D eigenvalue weighted by Gasteiger charge is -2.23. The van der Waals surface area contributed by atoms with E-state index in [-0.39, 0.29) is 12.6 Å². The molecule has 0 amide bonds. The summed E-state index contributed by atoms with van der Waals surface area (Å²) in [5.74, 6) is 0. The van der Waals surface area contributed by atoms with Crippen LogP contribution in [-0.2, 0) is 6.54 Å². The molecule has 1 aliphatic heterocycles. The van der Waals surface area contributed by atoms with Crippen LogP contribution in [0.1, 0.15) is 18.4 Å². The summed E-state index contributed by atoms with van der Waals surface area (Å²) < 4.78 is 0. The zero-order valence-corrected chi connectivity index (χ0v) is 10.5. The third-order valence-corrected chi connectivity index (χ3v) is 3.69. The number of hydrogen-bond acceptors (Lipinski definition) is 2. The molecule has 1 atom stereocenters. The molecule has 2 nitrogen and oxygen atoms in total. The largest absolute Gasteiger partial charge is 0.395 e. The van der Waals surface area contributed by atoms with Crippen LogP contribution in [0.4, 0.5) is 0 Å². The lowest BCUT2D eigenvalue weighted by Crippen LogP contribution is -2.31. The highest BCUT2D eigenvalue weighted by Crippen LogP contribution is 2.25. The number of benzene rings is 1. The standard InChI is InChI=1S/C12H15Cl2NO/c13-10-4-3-9(12(14)6-10)7-15-5-1-2-11(15)8-16/h3-4,6,11,16H,1-2,5,7-8H2/t11-/m0/s1. The molecule has 2 rings (SSSR count). The fourth-order valence-corrected chi connectivity index (χ4v) is 2.65. The molecule has 88 valence electrons. The number of halogens is 2. The van der Waals surface area contributed by atoms with Crippen molar-refractivity contribution in [2.45, 2.75) is 25.4 Å². The number of hydrogen-bond donors (Lipinski definition) is 1. The highest BCUT2D eigenvalue weighted by atomic mass is 35.5. The molecule has 4 heteroatoms. The van der Waals surface area contributed by atoms with Crippen molar-refractivity contribution in [1.82, 2.24) is 4.90 Å². The molecule has 0 aliphatic carbocycles. The average Bonchev–Trinajstić information content (AvgIpc) is 2.69. The van der Waals surface area contributed by atoms with E-state index < -0.39 is 0 Å². The van der Waals surface area contributed by atoms with Gasteiger partial charge < -0.3 is 5.11 Å². The molecule has 16 heavy (non-hydrogen) atoms. The van der Waals surface area contributed by atoms with Gasteiger partial charge in [-0.15, -0.1) is 0 Å². The predicted octanol–water partition coefficient (Wildman–Crippen LogP) is 2.95. The van der Waals surface area contributed by atoms with Gasteiger partial charge in [-0.05, 0) is 37.1 Å². The maximum absolute atomic E-state index is 9.23. The minimum Gasteiger partial charge on any atom is -0.395 e. The molecule has 0 unspecified atom stereocenters. The average molecular weight is 260 g/mol. The van der Waals surface area contributed by atoms with Crippen LogP contribution in [0.15, 0.2) is 18.2 Å². The molecule has 1 N–H and O–H groups in total. The van der Waals surface area contributed by atoms with Gasteiger partial charge in [0.05, 0.1) is 6.61 Å². The van der Waals surface area contributed by atoms with Crippen LogP contribution in [-0.4, -0.2) is 29.2 Å². The topological polar surface area (TPSA) is 23.5 Å². The van der Waals surface area contributed by atoms with Gasteiger partial charge in [0.1, 0.15) is 0 Å². The monoisotopic (exact) mass is 259 g/mol. The number of likely N-dealkylation sites (tertiary alicyclic amines) is 1. The highest BCUT2D eigenvalue weighted by Gasteiger charge is 2.23. The van der Waals surface area contributed by atoms with E-state index in [0.29, 0.717) is 10.0 Å². The van der Waals surface area contributed by atoms with Crippen LogP contribution in [0.2, 0.25) is 10.0 Å². The van der Waals surface area contributed by atoms with Crippen molar-refractivity contribution in [3.8, 4) is 0 Å². The molecule has 0 radical (unpaired) electrons. The second kappa shape index (κ2) is 5.37. The Morgan fingerprint density at radius 2 is 2.19 bits per heavy atom. The third kappa shape index (κ3) is 2.69. The molecule has 1 aromatic carbocycles. The summed E-state index contributed by atoms with van der Waals surface area (Å²) >= 11 is 12.0. The van der Waals surface area contributed by atoms with Gasteiger partial charge in [0.25, 0.3) is 0 Å². The number of rotatable bonds is 3. The summed E-state index contributed by atoms with van der Waals surface area (Å²) in [7, 11) is 0. The zero-order chi connectivity index (χ0) is 11.5. The Morgan fingerprint density at radius 1 is 1.38 bits per heavy atom. The molecule has 0 spiro atoms. The van der Waals surface area contributed by atoms with Gasteiger partial charge in [-0.25, -0.2) is 0 Å². The first-order chi connectivity index (χ1) is 7.70. The normalized spacial score (nSPS) is 21.6. The SMILES string of the molecule is OC[C@@H]1CCCN1Cc1ccc(Cl)cc1Cl. The molecule has 1 heterocycles. The molecule has 1 aromatic rings. The van der Waals surface area contributed by atoms with Gasteiger partial charge in [-0.1, -0.05) is 29.3 Å². The first-order valence-electron chi connectivity index (χ1n) is 5.49. The number of aliphatic hydroxyl groups is 1. The van der Waals surface area contributed by atoms with E-state index in [1.165, 1.54) is 0 Å². The first kappa shape index (κ1) is 12.2. The maximum atomic E-state index is 9.23. The minimum absolute atomic E-state index is 0.227. The Hall–Kier alpha value is -0.280. The van der Waals surface area contributed by atoms with Crippen LogP contribution >= 0.6 is 23.2 Å². The smallest absolute Gasteiger partial charge is 0.0587 e. The summed E-state index contributed by atoms with van der Waals surface area (Å²) in [6.45, 7) is 2.05. The van der Waals surface area contributed by atoms with E-state index >= 15 is 0 Å².